The zero-order valence-electron chi connectivity index (χ0n) is 15.7. The highest BCUT2D eigenvalue weighted by Gasteiger charge is 2.21. The lowest BCUT2D eigenvalue weighted by atomic mass is 9.78. The van der Waals surface area contributed by atoms with Gasteiger partial charge in [0, 0.05) is 5.48 Å². The fourth-order valence-corrected chi connectivity index (χ4v) is 2.41. The maximum Gasteiger partial charge on any atom is 0.115 e. The summed E-state index contributed by atoms with van der Waals surface area (Å²) in [6, 6.07) is 12.4. The minimum absolute atomic E-state index is 0.0786. The van der Waals surface area contributed by atoms with E-state index in [2.05, 4.69) is 0 Å². The molecular weight excluding hydrogens is 248 g/mol. The number of hydrogen-bond acceptors (Lipinski definition) is 2. The molecule has 106 valence electrons. The summed E-state index contributed by atoms with van der Waals surface area (Å²) in [4.78, 5) is 0. The topological polar surface area (TPSA) is 40.5 Å². The second-order valence-corrected chi connectivity index (χ2v) is 4.72. The second kappa shape index (κ2) is 6.47. The number of aromatic hydroxyl groups is 2. The van der Waals surface area contributed by atoms with Gasteiger partial charge in [0.05, 0.1) is 0 Å². The van der Waals surface area contributed by atoms with Gasteiger partial charge in [-0.1, -0.05) is 38.1 Å². The Balaban J connectivity index is 2.61. The molecular formula is C18H22O2. The molecule has 0 aromatic heterocycles. The van der Waals surface area contributed by atoms with Crippen molar-refractivity contribution in [3.05, 3.63) is 59.7 Å². The Morgan fingerprint density at radius 2 is 1.05 bits per heavy atom. The highest BCUT2D eigenvalue weighted by molar-refractivity contribution is 5.34. The molecule has 2 atom stereocenters. The van der Waals surface area contributed by atoms with E-state index in [0.29, 0.717) is 11.1 Å². The van der Waals surface area contributed by atoms with Crippen molar-refractivity contribution in [2.75, 3.05) is 0 Å². The number of benzene rings is 2. The summed E-state index contributed by atoms with van der Waals surface area (Å²) < 4.78 is 33.1. The molecule has 0 aliphatic rings. The van der Waals surface area contributed by atoms with E-state index >= 15 is 0 Å². The molecule has 2 aromatic rings. The Morgan fingerprint density at radius 1 is 0.750 bits per heavy atom. The van der Waals surface area contributed by atoms with Crippen molar-refractivity contribution in [2.45, 2.75) is 38.4 Å². The van der Waals surface area contributed by atoms with Gasteiger partial charge in [-0.05, 0) is 60.0 Å². The van der Waals surface area contributed by atoms with E-state index in [0.717, 1.165) is 0 Å². The van der Waals surface area contributed by atoms with E-state index in [4.69, 9.17) is 5.48 Å². The molecule has 2 N–H and O–H groups in total. The van der Waals surface area contributed by atoms with Gasteiger partial charge in [0.1, 0.15) is 11.5 Å². The van der Waals surface area contributed by atoms with Gasteiger partial charge in [0.15, 0.2) is 0 Å². The van der Waals surface area contributed by atoms with Gasteiger partial charge in [0.25, 0.3) is 0 Å². The predicted molar refractivity (Wildman–Crippen MR) is 82.3 cm³/mol. The van der Waals surface area contributed by atoms with E-state index in [1.165, 1.54) is 38.1 Å². The second-order valence-electron chi connectivity index (χ2n) is 4.72. The average Bonchev–Trinajstić information content (AvgIpc) is 2.45. The predicted octanol–water partition coefficient (Wildman–Crippen LogP) is 4.79. The monoisotopic (exact) mass is 274 g/mol. The average molecular weight is 274 g/mol. The normalized spacial score (nSPS) is 18.3. The lowest BCUT2D eigenvalue weighted by molar-refractivity contribution is 0.470. The van der Waals surface area contributed by atoms with Crippen LogP contribution >= 0.6 is 0 Å². The van der Waals surface area contributed by atoms with Crippen LogP contribution in [0.5, 0.6) is 11.5 Å². The number of hydrogen-bond donors (Lipinski definition) is 2. The maximum atomic E-state index is 9.49. The van der Waals surface area contributed by atoms with Gasteiger partial charge in [-0.25, -0.2) is 0 Å². The van der Waals surface area contributed by atoms with Crippen LogP contribution in [0.15, 0.2) is 48.5 Å². The van der Waals surface area contributed by atoms with Crippen LogP contribution in [0.1, 0.15) is 55.0 Å². The molecule has 2 unspecified atom stereocenters. The molecule has 0 aliphatic carbocycles. The van der Waals surface area contributed by atoms with Crippen LogP contribution in [0.3, 0.4) is 0 Å². The summed E-state index contributed by atoms with van der Waals surface area (Å²) in [5, 5.41) is 19.0. The van der Waals surface area contributed by atoms with E-state index in [9.17, 15) is 10.2 Å². The van der Waals surface area contributed by atoms with Crippen LogP contribution in [-0.2, 0) is 0 Å². The SMILES string of the molecule is [2H]C([2H])(C)C(c1ccc(O)cc1)C(c1ccc(O)cc1)C([2H])([2H])C. The molecule has 0 saturated carbocycles. The molecule has 20 heavy (non-hydrogen) atoms. The van der Waals surface area contributed by atoms with Crippen molar-refractivity contribution in [1.29, 1.82) is 0 Å². The minimum atomic E-state index is -1.69. The summed E-state index contributed by atoms with van der Waals surface area (Å²) in [6.07, 6.45) is -3.38. The Hall–Kier alpha value is -1.96. The van der Waals surface area contributed by atoms with Crippen LogP contribution in [0, 0.1) is 0 Å². The lowest BCUT2D eigenvalue weighted by Crippen LogP contribution is -2.10. The maximum absolute atomic E-state index is 9.49. The first-order chi connectivity index (χ1) is 11.0. The van der Waals surface area contributed by atoms with Crippen molar-refractivity contribution < 1.29 is 15.7 Å². The first-order valence-corrected chi connectivity index (χ1v) is 6.58. The zero-order chi connectivity index (χ0) is 18.1. The Bertz CT molecular complexity index is 609. The van der Waals surface area contributed by atoms with Crippen LogP contribution in [0.25, 0.3) is 0 Å². The molecule has 0 amide bonds. The molecule has 0 fully saturated rings. The molecule has 0 radical (unpaired) electrons. The van der Waals surface area contributed by atoms with E-state index in [1.54, 1.807) is 24.3 Å². The number of phenols is 2. The van der Waals surface area contributed by atoms with Crippen LogP contribution in [0.2, 0.25) is 0 Å². The molecule has 0 heterocycles. The molecule has 0 saturated heterocycles. The Kier molecular flexibility index (Phi) is 3.19. The smallest absolute Gasteiger partial charge is 0.115 e. The third kappa shape index (κ3) is 3.13. The van der Waals surface area contributed by atoms with Gasteiger partial charge in [-0.2, -0.15) is 0 Å². The third-order valence-electron chi connectivity index (χ3n) is 3.46. The first-order valence-electron chi connectivity index (χ1n) is 8.58. The van der Waals surface area contributed by atoms with E-state index in [1.807, 2.05) is 0 Å². The minimum Gasteiger partial charge on any atom is -0.508 e. The van der Waals surface area contributed by atoms with Crippen molar-refractivity contribution in [2.24, 2.45) is 0 Å². The van der Waals surface area contributed by atoms with Crippen molar-refractivity contribution in [3.63, 3.8) is 0 Å². The molecule has 2 heteroatoms. The molecule has 0 bridgehead atoms. The standard InChI is InChI=1S/C18H22O2/c1-3-17(13-5-9-15(19)10-6-13)18(4-2)14-7-11-16(20)12-8-14/h5-12,17-20H,3-4H2,1-2H3/i3D2,4D2. The van der Waals surface area contributed by atoms with Gasteiger partial charge >= 0.3 is 0 Å². The summed E-state index contributed by atoms with van der Waals surface area (Å²) >= 11 is 0. The van der Waals surface area contributed by atoms with Crippen molar-refractivity contribution in [1.82, 2.24) is 0 Å². The summed E-state index contributed by atoms with van der Waals surface area (Å²) in [7, 11) is 0. The molecule has 2 nitrogen and oxygen atoms in total. The Labute approximate surface area is 126 Å². The van der Waals surface area contributed by atoms with E-state index < -0.39 is 24.6 Å². The molecule has 0 spiro atoms. The van der Waals surface area contributed by atoms with Gasteiger partial charge in [-0.3, -0.25) is 0 Å². The van der Waals surface area contributed by atoms with Gasteiger partial charge in [-0.15, -0.1) is 0 Å². The fraction of sp³-hybridized carbons (Fsp3) is 0.333. The largest absolute Gasteiger partial charge is 0.508 e. The number of phenolic OH excluding ortho intramolecular Hbond substituents is 2. The third-order valence-corrected chi connectivity index (χ3v) is 3.46. The summed E-state index contributed by atoms with van der Waals surface area (Å²) in [6.45, 7) is 2.87. The zero-order valence-corrected chi connectivity index (χ0v) is 11.7. The molecule has 2 rings (SSSR count). The van der Waals surface area contributed by atoms with Crippen molar-refractivity contribution >= 4 is 0 Å². The van der Waals surface area contributed by atoms with Gasteiger partial charge in [0.2, 0.25) is 0 Å². The fourth-order valence-electron chi connectivity index (χ4n) is 2.41. The van der Waals surface area contributed by atoms with Crippen LogP contribution in [0.4, 0.5) is 0 Å². The molecule has 0 aliphatic heterocycles. The summed E-state index contributed by atoms with van der Waals surface area (Å²) in [5.74, 6) is -1.37. The first kappa shape index (κ1) is 9.87. The van der Waals surface area contributed by atoms with Crippen LogP contribution in [-0.4, -0.2) is 10.2 Å². The Morgan fingerprint density at radius 3 is 1.30 bits per heavy atom. The lowest BCUT2D eigenvalue weighted by Gasteiger charge is -2.26. The highest BCUT2D eigenvalue weighted by Crippen LogP contribution is 2.38. The highest BCUT2D eigenvalue weighted by atomic mass is 16.3. The van der Waals surface area contributed by atoms with Crippen LogP contribution < -0.4 is 0 Å². The quantitative estimate of drug-likeness (QED) is 0.823. The van der Waals surface area contributed by atoms with Gasteiger partial charge < -0.3 is 10.2 Å². The molecule has 2 aromatic carbocycles. The number of rotatable bonds is 5. The summed E-state index contributed by atoms with van der Waals surface area (Å²) in [5.41, 5.74) is 1.23. The van der Waals surface area contributed by atoms with E-state index in [-0.39, 0.29) is 11.5 Å². The van der Waals surface area contributed by atoms with Crippen molar-refractivity contribution in [3.8, 4) is 11.5 Å².